The maximum atomic E-state index is 10.6. The molecule has 3 N–H and O–H groups in total. The van der Waals surface area contributed by atoms with Gasteiger partial charge in [0.25, 0.3) is 0 Å². The van der Waals surface area contributed by atoms with E-state index in [1.165, 1.54) is 37.0 Å². The van der Waals surface area contributed by atoms with E-state index in [9.17, 15) is 4.79 Å². The number of carbonyl (C=O) groups is 1. The lowest BCUT2D eigenvalue weighted by atomic mass is 10.1. The summed E-state index contributed by atoms with van der Waals surface area (Å²) in [6, 6.07) is -0.831. The maximum Gasteiger partial charge on any atom is 0.320 e. The third-order valence-corrected chi connectivity index (χ3v) is 3.94. The fraction of sp³-hybridized carbons (Fsp3) is 0.636. The molecule has 2 rings (SSSR count). The van der Waals surface area contributed by atoms with Gasteiger partial charge in [-0.05, 0) is 12.8 Å². The van der Waals surface area contributed by atoms with E-state index in [1.807, 2.05) is 0 Å². The van der Waals surface area contributed by atoms with Gasteiger partial charge in [-0.2, -0.15) is 0 Å². The van der Waals surface area contributed by atoms with Crippen LogP contribution in [0.4, 0.5) is 0 Å². The van der Waals surface area contributed by atoms with E-state index in [2.05, 4.69) is 10.4 Å². The highest BCUT2D eigenvalue weighted by Crippen LogP contribution is 2.34. The predicted molar refractivity (Wildman–Crippen MR) is 62.6 cm³/mol. The number of nitrogens with zero attached hydrogens (tertiary/aromatic N) is 1. The largest absolute Gasteiger partial charge is 0.480 e. The number of carboxylic acids is 1. The summed E-state index contributed by atoms with van der Waals surface area (Å²) in [5.41, 5.74) is 6.61. The van der Waals surface area contributed by atoms with Gasteiger partial charge in [0.2, 0.25) is 0 Å². The topological polar surface area (TPSA) is 76.2 Å². The van der Waals surface area contributed by atoms with Crippen molar-refractivity contribution in [2.45, 2.75) is 44.1 Å². The van der Waals surface area contributed by atoms with Crippen molar-refractivity contribution in [3.8, 4) is 0 Å². The zero-order chi connectivity index (χ0) is 11.5. The van der Waals surface area contributed by atoms with Crippen molar-refractivity contribution in [3.63, 3.8) is 0 Å². The van der Waals surface area contributed by atoms with E-state index in [0.717, 1.165) is 10.7 Å². The third-order valence-electron chi connectivity index (χ3n) is 3.05. The number of carboxylic acid groups (broad SMARTS) is 1. The van der Waals surface area contributed by atoms with Gasteiger partial charge in [-0.15, -0.1) is 11.3 Å². The molecule has 0 saturated heterocycles. The first kappa shape index (κ1) is 11.5. The molecule has 1 aliphatic carbocycles. The van der Waals surface area contributed by atoms with Gasteiger partial charge in [-0.25, -0.2) is 4.98 Å². The lowest BCUT2D eigenvalue weighted by Crippen LogP contribution is -2.32. The summed E-state index contributed by atoms with van der Waals surface area (Å²) >= 11 is 1.53. The first-order chi connectivity index (χ1) is 7.66. The van der Waals surface area contributed by atoms with Crippen LogP contribution >= 0.6 is 11.3 Å². The van der Waals surface area contributed by atoms with Crippen molar-refractivity contribution in [2.75, 3.05) is 0 Å². The SMILES string of the molecule is NC(Cc1nc(C2CCCC2)cs1)C(=O)O. The number of hydrogen-bond donors (Lipinski definition) is 2. The normalized spacial score (nSPS) is 18.8. The first-order valence-electron chi connectivity index (χ1n) is 5.59. The van der Waals surface area contributed by atoms with E-state index in [-0.39, 0.29) is 0 Å². The van der Waals surface area contributed by atoms with Gasteiger partial charge in [-0.3, -0.25) is 4.79 Å². The smallest absolute Gasteiger partial charge is 0.320 e. The molecule has 0 amide bonds. The van der Waals surface area contributed by atoms with Crippen molar-refractivity contribution >= 4 is 17.3 Å². The Labute approximate surface area is 98.5 Å². The highest BCUT2D eigenvalue weighted by Gasteiger charge is 2.21. The molecule has 1 fully saturated rings. The summed E-state index contributed by atoms with van der Waals surface area (Å²) in [5, 5.41) is 11.6. The molecular weight excluding hydrogens is 224 g/mol. The third kappa shape index (κ3) is 2.59. The molecule has 0 bridgehead atoms. The average molecular weight is 240 g/mol. The molecule has 1 heterocycles. The second-order valence-corrected chi connectivity index (χ2v) is 5.24. The Morgan fingerprint density at radius 3 is 2.94 bits per heavy atom. The molecular formula is C11H16N2O2S. The second kappa shape index (κ2) is 4.93. The van der Waals surface area contributed by atoms with Crippen LogP contribution in [0.3, 0.4) is 0 Å². The highest BCUT2D eigenvalue weighted by molar-refractivity contribution is 7.09. The standard InChI is InChI=1S/C11H16N2O2S/c12-8(11(14)15)5-10-13-9(6-16-10)7-3-1-2-4-7/h6-8H,1-5,12H2,(H,14,15). The van der Waals surface area contributed by atoms with Crippen LogP contribution in [0.5, 0.6) is 0 Å². The maximum absolute atomic E-state index is 10.6. The van der Waals surface area contributed by atoms with Gasteiger partial charge in [0.15, 0.2) is 0 Å². The molecule has 5 heteroatoms. The molecule has 1 aliphatic rings. The molecule has 0 aromatic carbocycles. The summed E-state index contributed by atoms with van der Waals surface area (Å²) in [4.78, 5) is 15.1. The average Bonchev–Trinajstić information content (AvgIpc) is 2.85. The van der Waals surface area contributed by atoms with Crippen LogP contribution in [-0.4, -0.2) is 22.1 Å². The number of thiazole rings is 1. The number of aromatic nitrogens is 1. The second-order valence-electron chi connectivity index (χ2n) is 4.30. The molecule has 1 aromatic heterocycles. The minimum atomic E-state index is -0.961. The van der Waals surface area contributed by atoms with E-state index in [1.54, 1.807) is 0 Å². The lowest BCUT2D eigenvalue weighted by Gasteiger charge is -2.04. The Morgan fingerprint density at radius 1 is 1.62 bits per heavy atom. The quantitative estimate of drug-likeness (QED) is 0.840. The monoisotopic (exact) mass is 240 g/mol. The zero-order valence-electron chi connectivity index (χ0n) is 9.06. The molecule has 0 spiro atoms. The summed E-state index contributed by atoms with van der Waals surface area (Å²) in [6.45, 7) is 0. The number of hydrogen-bond acceptors (Lipinski definition) is 4. The molecule has 88 valence electrons. The van der Waals surface area contributed by atoms with Crippen LogP contribution in [-0.2, 0) is 11.2 Å². The Kier molecular flexibility index (Phi) is 3.56. The molecule has 1 saturated carbocycles. The van der Waals surface area contributed by atoms with Crippen LogP contribution in [0, 0.1) is 0 Å². The van der Waals surface area contributed by atoms with Crippen LogP contribution in [0.25, 0.3) is 0 Å². The van der Waals surface area contributed by atoms with Gasteiger partial charge in [0.05, 0.1) is 10.7 Å². The van der Waals surface area contributed by atoms with Crippen LogP contribution < -0.4 is 5.73 Å². The van der Waals surface area contributed by atoms with Crippen molar-refractivity contribution in [1.82, 2.24) is 4.98 Å². The molecule has 0 aliphatic heterocycles. The van der Waals surface area contributed by atoms with Crippen LogP contribution in [0.15, 0.2) is 5.38 Å². The molecule has 0 radical (unpaired) electrons. The van der Waals surface area contributed by atoms with Gasteiger partial charge >= 0.3 is 5.97 Å². The van der Waals surface area contributed by atoms with Crippen molar-refractivity contribution in [1.29, 1.82) is 0 Å². The molecule has 1 aromatic rings. The van der Waals surface area contributed by atoms with E-state index in [0.29, 0.717) is 12.3 Å². The van der Waals surface area contributed by atoms with E-state index >= 15 is 0 Å². The lowest BCUT2D eigenvalue weighted by molar-refractivity contribution is -0.138. The Morgan fingerprint density at radius 2 is 2.31 bits per heavy atom. The van der Waals surface area contributed by atoms with Gasteiger partial charge in [0, 0.05) is 17.7 Å². The summed E-state index contributed by atoms with van der Waals surface area (Å²) in [7, 11) is 0. The van der Waals surface area contributed by atoms with Gasteiger partial charge in [0.1, 0.15) is 6.04 Å². The Bertz CT molecular complexity index is 372. The molecule has 1 unspecified atom stereocenters. The fourth-order valence-corrected chi connectivity index (χ4v) is 3.04. The van der Waals surface area contributed by atoms with Crippen LogP contribution in [0.1, 0.15) is 42.3 Å². The van der Waals surface area contributed by atoms with Gasteiger partial charge in [-0.1, -0.05) is 12.8 Å². The Hall–Kier alpha value is -0.940. The summed E-state index contributed by atoms with van der Waals surface area (Å²) in [5.74, 6) is -0.372. The van der Waals surface area contributed by atoms with Gasteiger partial charge < -0.3 is 10.8 Å². The first-order valence-corrected chi connectivity index (χ1v) is 6.47. The highest BCUT2D eigenvalue weighted by atomic mass is 32.1. The minimum absolute atomic E-state index is 0.340. The Balaban J connectivity index is 1.99. The molecule has 4 nitrogen and oxygen atoms in total. The van der Waals surface area contributed by atoms with E-state index < -0.39 is 12.0 Å². The van der Waals surface area contributed by atoms with Crippen LogP contribution in [0.2, 0.25) is 0 Å². The summed E-state index contributed by atoms with van der Waals surface area (Å²) in [6.07, 6.45) is 5.34. The van der Waals surface area contributed by atoms with E-state index in [4.69, 9.17) is 10.8 Å². The molecule has 1 atom stereocenters. The molecule has 16 heavy (non-hydrogen) atoms. The fourth-order valence-electron chi connectivity index (χ4n) is 2.10. The van der Waals surface area contributed by atoms with Crippen molar-refractivity contribution in [2.24, 2.45) is 5.73 Å². The predicted octanol–water partition coefficient (Wildman–Crippen LogP) is 1.76. The summed E-state index contributed by atoms with van der Waals surface area (Å²) < 4.78 is 0. The number of rotatable bonds is 4. The minimum Gasteiger partial charge on any atom is -0.480 e. The van der Waals surface area contributed by atoms with Crippen molar-refractivity contribution < 1.29 is 9.90 Å². The number of aliphatic carboxylic acids is 1. The van der Waals surface area contributed by atoms with Crippen molar-refractivity contribution in [3.05, 3.63) is 16.1 Å². The zero-order valence-corrected chi connectivity index (χ0v) is 9.87. The number of nitrogens with two attached hydrogens (primary N) is 1.